The highest BCUT2D eigenvalue weighted by Gasteiger charge is 2.31. The first kappa shape index (κ1) is 22.5. The second kappa shape index (κ2) is 8.13. The fourth-order valence-corrected chi connectivity index (χ4v) is 5.25. The number of aromatic amines is 1. The van der Waals surface area contributed by atoms with Crippen LogP contribution in [0.5, 0.6) is 0 Å². The number of aromatic nitrogens is 1. The van der Waals surface area contributed by atoms with Crippen LogP contribution in [0.4, 0.5) is 5.69 Å². The van der Waals surface area contributed by atoms with Crippen LogP contribution in [0.15, 0.2) is 47.5 Å². The first-order chi connectivity index (χ1) is 13.9. The van der Waals surface area contributed by atoms with Gasteiger partial charge in [-0.15, -0.1) is 0 Å². The van der Waals surface area contributed by atoms with Crippen molar-refractivity contribution in [3.05, 3.63) is 58.2 Å². The molecule has 1 heterocycles. The van der Waals surface area contributed by atoms with Crippen LogP contribution in [-0.4, -0.2) is 31.5 Å². The Kier molecular flexibility index (Phi) is 6.09. The second-order valence-electron chi connectivity index (χ2n) is 7.91. The van der Waals surface area contributed by atoms with Crippen molar-refractivity contribution in [1.82, 2.24) is 4.98 Å². The van der Waals surface area contributed by atoms with Crippen molar-refractivity contribution < 1.29 is 17.9 Å². The molecule has 1 aromatic heterocycles. The molecule has 0 aliphatic rings. The largest absolute Gasteiger partial charge is 0.459 e. The first-order valence-electron chi connectivity index (χ1n) is 9.15. The number of anilines is 1. The Morgan fingerprint density at radius 3 is 2.33 bits per heavy atom. The molecule has 160 valence electrons. The minimum absolute atomic E-state index is 0.114. The molecule has 0 aliphatic heterocycles. The molecule has 0 spiro atoms. The van der Waals surface area contributed by atoms with E-state index in [4.69, 9.17) is 27.9 Å². The number of sulfonamides is 1. The van der Waals surface area contributed by atoms with Gasteiger partial charge in [-0.1, -0.05) is 23.2 Å². The van der Waals surface area contributed by atoms with Crippen LogP contribution in [0, 0.1) is 6.92 Å². The summed E-state index contributed by atoms with van der Waals surface area (Å²) in [5, 5.41) is 1.16. The maximum Gasteiger partial charge on any atom is 0.327 e. The number of fused-ring (bicyclic) bond motifs is 1. The molecule has 0 atom stereocenters. The van der Waals surface area contributed by atoms with E-state index in [-0.39, 0.29) is 14.9 Å². The molecular formula is C21H22Cl2N2O4S. The van der Waals surface area contributed by atoms with Gasteiger partial charge in [0, 0.05) is 27.1 Å². The van der Waals surface area contributed by atoms with Gasteiger partial charge in [0.1, 0.15) is 12.1 Å². The average Bonchev–Trinajstić information content (AvgIpc) is 3.03. The normalized spacial score (nSPS) is 12.2. The number of ether oxygens (including phenoxy) is 1. The van der Waals surface area contributed by atoms with Crippen molar-refractivity contribution in [3.8, 4) is 0 Å². The van der Waals surface area contributed by atoms with E-state index < -0.39 is 28.1 Å². The predicted molar refractivity (Wildman–Crippen MR) is 120 cm³/mol. The summed E-state index contributed by atoms with van der Waals surface area (Å²) in [6, 6.07) is 9.41. The molecule has 0 bridgehead atoms. The Balaban J connectivity index is 2.15. The van der Waals surface area contributed by atoms with Gasteiger partial charge in [0.05, 0.1) is 10.6 Å². The van der Waals surface area contributed by atoms with Gasteiger partial charge < -0.3 is 9.72 Å². The van der Waals surface area contributed by atoms with E-state index in [1.165, 1.54) is 18.2 Å². The number of hydrogen-bond donors (Lipinski definition) is 1. The molecule has 0 saturated heterocycles. The Morgan fingerprint density at radius 2 is 1.73 bits per heavy atom. The molecule has 2 aromatic carbocycles. The number of hydrogen-bond acceptors (Lipinski definition) is 4. The number of nitrogens with zero attached hydrogens (tertiary/aromatic N) is 1. The summed E-state index contributed by atoms with van der Waals surface area (Å²) in [5.74, 6) is -0.673. The molecule has 0 unspecified atom stereocenters. The van der Waals surface area contributed by atoms with Crippen molar-refractivity contribution >= 4 is 55.8 Å². The molecular weight excluding hydrogens is 447 g/mol. The third kappa shape index (κ3) is 4.91. The lowest BCUT2D eigenvalue weighted by Crippen LogP contribution is -2.39. The summed E-state index contributed by atoms with van der Waals surface area (Å²) in [6.07, 6.45) is 1.76. The number of H-pyrrole nitrogens is 1. The SMILES string of the molecule is Cc1cc2[nH]ccc2cc1N(CC(=O)OC(C)(C)C)S(=O)(=O)c1cc(Cl)cc(Cl)c1. The number of halogens is 2. The lowest BCUT2D eigenvalue weighted by atomic mass is 10.1. The monoisotopic (exact) mass is 468 g/mol. The third-order valence-corrected chi connectivity index (χ3v) is 6.43. The number of benzene rings is 2. The van der Waals surface area contributed by atoms with E-state index in [1.54, 1.807) is 40.0 Å². The van der Waals surface area contributed by atoms with Crippen LogP contribution in [0.2, 0.25) is 10.0 Å². The molecule has 3 aromatic rings. The molecule has 6 nitrogen and oxygen atoms in total. The number of carbonyl (C=O) groups is 1. The quantitative estimate of drug-likeness (QED) is 0.513. The number of nitrogens with one attached hydrogen (secondary N) is 1. The average molecular weight is 469 g/mol. The molecule has 0 saturated carbocycles. The minimum Gasteiger partial charge on any atom is -0.459 e. The highest BCUT2D eigenvalue weighted by Crippen LogP contribution is 2.32. The van der Waals surface area contributed by atoms with E-state index in [9.17, 15) is 13.2 Å². The molecule has 3 rings (SSSR count). The van der Waals surface area contributed by atoms with Crippen molar-refractivity contribution in [2.75, 3.05) is 10.8 Å². The van der Waals surface area contributed by atoms with E-state index in [1.807, 2.05) is 12.1 Å². The maximum absolute atomic E-state index is 13.6. The first-order valence-corrected chi connectivity index (χ1v) is 11.3. The number of aryl methyl sites for hydroxylation is 1. The summed E-state index contributed by atoms with van der Waals surface area (Å²) in [7, 11) is -4.17. The zero-order valence-corrected chi connectivity index (χ0v) is 19.3. The van der Waals surface area contributed by atoms with Crippen molar-refractivity contribution in [2.45, 2.75) is 38.2 Å². The summed E-state index contributed by atoms with van der Waals surface area (Å²) in [4.78, 5) is 15.6. The van der Waals surface area contributed by atoms with Gasteiger partial charge in [-0.3, -0.25) is 9.10 Å². The van der Waals surface area contributed by atoms with E-state index in [2.05, 4.69) is 4.98 Å². The van der Waals surface area contributed by atoms with Crippen molar-refractivity contribution in [1.29, 1.82) is 0 Å². The topological polar surface area (TPSA) is 79.5 Å². The number of esters is 1. The second-order valence-corrected chi connectivity index (χ2v) is 10.6. The van der Waals surface area contributed by atoms with Gasteiger partial charge in [-0.2, -0.15) is 0 Å². The standard InChI is InChI=1S/C21H22Cl2N2O4S/c1-13-7-18-14(5-6-24-18)8-19(13)25(12-20(26)29-21(2,3)4)30(27,28)17-10-15(22)9-16(23)11-17/h5-11,24H,12H2,1-4H3. The van der Waals surface area contributed by atoms with Gasteiger partial charge in [0.2, 0.25) is 0 Å². The predicted octanol–water partition coefficient (Wildman–Crippen LogP) is 5.32. The number of rotatable bonds is 5. The van der Waals surface area contributed by atoms with Crippen LogP contribution >= 0.6 is 23.2 Å². The molecule has 30 heavy (non-hydrogen) atoms. The zero-order chi connectivity index (χ0) is 22.3. The fourth-order valence-electron chi connectivity index (χ4n) is 3.06. The van der Waals surface area contributed by atoms with Gasteiger partial charge in [0.15, 0.2) is 0 Å². The number of carbonyl (C=O) groups excluding carboxylic acids is 1. The smallest absolute Gasteiger partial charge is 0.327 e. The van der Waals surface area contributed by atoms with E-state index in [0.717, 1.165) is 15.2 Å². The van der Waals surface area contributed by atoms with E-state index >= 15 is 0 Å². The van der Waals surface area contributed by atoms with Crippen molar-refractivity contribution in [3.63, 3.8) is 0 Å². The van der Waals surface area contributed by atoms with Gasteiger partial charge in [0.25, 0.3) is 10.0 Å². The maximum atomic E-state index is 13.6. The fraction of sp³-hybridized carbons (Fsp3) is 0.286. The summed E-state index contributed by atoms with van der Waals surface area (Å²) in [6.45, 7) is 6.44. The molecule has 9 heteroatoms. The van der Waals surface area contributed by atoms with Gasteiger partial charge in [-0.05, 0) is 69.7 Å². The molecule has 0 aliphatic carbocycles. The van der Waals surface area contributed by atoms with E-state index in [0.29, 0.717) is 11.3 Å². The zero-order valence-electron chi connectivity index (χ0n) is 17.0. The van der Waals surface area contributed by atoms with Crippen LogP contribution in [-0.2, 0) is 19.6 Å². The third-order valence-electron chi connectivity index (χ3n) is 4.26. The molecule has 0 radical (unpaired) electrons. The molecule has 1 N–H and O–H groups in total. The Labute approximate surface area is 185 Å². The van der Waals surface area contributed by atoms with Crippen LogP contribution < -0.4 is 4.31 Å². The summed E-state index contributed by atoms with van der Waals surface area (Å²) < 4.78 is 33.5. The van der Waals surface area contributed by atoms with Crippen LogP contribution in [0.1, 0.15) is 26.3 Å². The highest BCUT2D eigenvalue weighted by molar-refractivity contribution is 7.92. The minimum atomic E-state index is -4.17. The Morgan fingerprint density at radius 1 is 1.10 bits per heavy atom. The van der Waals surface area contributed by atoms with Gasteiger partial charge in [-0.25, -0.2) is 8.42 Å². The van der Waals surface area contributed by atoms with Crippen LogP contribution in [0.3, 0.4) is 0 Å². The Hall–Kier alpha value is -2.22. The summed E-state index contributed by atoms with van der Waals surface area (Å²) in [5.41, 5.74) is 1.14. The van der Waals surface area contributed by atoms with Crippen molar-refractivity contribution in [2.24, 2.45) is 0 Å². The van der Waals surface area contributed by atoms with Gasteiger partial charge >= 0.3 is 5.97 Å². The lowest BCUT2D eigenvalue weighted by Gasteiger charge is -2.27. The lowest BCUT2D eigenvalue weighted by molar-refractivity contribution is -0.152. The Bertz CT molecular complexity index is 1190. The molecule has 0 amide bonds. The highest BCUT2D eigenvalue weighted by atomic mass is 35.5. The van der Waals surface area contributed by atoms with Crippen LogP contribution in [0.25, 0.3) is 10.9 Å². The summed E-state index contributed by atoms with van der Waals surface area (Å²) >= 11 is 12.1. The molecule has 0 fully saturated rings.